The summed E-state index contributed by atoms with van der Waals surface area (Å²) >= 11 is 0. The summed E-state index contributed by atoms with van der Waals surface area (Å²) in [5.41, 5.74) is 0.0417. The number of aldehydes is 2. The van der Waals surface area contributed by atoms with Gasteiger partial charge in [0.2, 0.25) is 6.41 Å². The molecule has 0 fully saturated rings. The fraction of sp³-hybridized carbons (Fsp3) is 0.750. The predicted octanol–water partition coefficient (Wildman–Crippen LogP) is 0.0839. The summed E-state index contributed by atoms with van der Waals surface area (Å²) in [6, 6.07) is 0. The number of likely N-dealkylation sites (N-methyl/N-ethyl adjacent to an activating group) is 2. The first kappa shape index (κ1) is 34.5. The van der Waals surface area contributed by atoms with E-state index < -0.39 is 5.97 Å². The number of carboxylic acids is 1. The third kappa shape index (κ3) is 107. The van der Waals surface area contributed by atoms with E-state index in [0.29, 0.717) is 19.2 Å². The molecule has 0 rings (SSSR count). The van der Waals surface area contributed by atoms with Gasteiger partial charge in [-0.05, 0) is 34.9 Å². The molecule has 0 saturated heterocycles. The molecule has 0 aromatic heterocycles. The third-order valence-corrected chi connectivity index (χ3v) is 1.51. The molecule has 9 heteroatoms. The summed E-state index contributed by atoms with van der Waals surface area (Å²) in [6.07, 6.45) is 1.92. The fourth-order valence-electron chi connectivity index (χ4n) is 0.331. The van der Waals surface area contributed by atoms with Crippen LogP contribution in [0.2, 0.25) is 0 Å². The van der Waals surface area contributed by atoms with Crippen LogP contribution in [-0.2, 0) is 23.9 Å². The smallest absolute Gasteiger partial charge is 0.317 e. The van der Waals surface area contributed by atoms with Crippen molar-refractivity contribution in [1.82, 2.24) is 16.0 Å². The van der Waals surface area contributed by atoms with Crippen molar-refractivity contribution in [2.75, 3.05) is 40.8 Å². The van der Waals surface area contributed by atoms with Crippen LogP contribution in [-0.4, -0.2) is 76.5 Å². The van der Waals surface area contributed by atoms with Crippen molar-refractivity contribution < 1.29 is 29.0 Å². The zero-order valence-corrected chi connectivity index (χ0v) is 16.8. The summed E-state index contributed by atoms with van der Waals surface area (Å²) in [6.45, 7) is 10.7. The van der Waals surface area contributed by atoms with Gasteiger partial charge in [0.15, 0.2) is 0 Å². The summed E-state index contributed by atoms with van der Waals surface area (Å²) in [5.74, 6) is -0.822. The standard InChI is InChI=1S/C5H12O.C3H7NO2.C3H5NO2.C3H7NO.C2H6/c1-5(2,3)6-4;1-4-2-3(5)6;5-2-1-4-3-6;1-4-2-3-5;1-2/h1-4H3;4H,2H2,1H3,(H,5,6);2-3H,1H2,(H,4,6);3-4H,2H2,1H3;1-2H3. The van der Waals surface area contributed by atoms with Gasteiger partial charge in [-0.15, -0.1) is 0 Å². The van der Waals surface area contributed by atoms with E-state index in [-0.39, 0.29) is 18.7 Å². The molecule has 0 unspecified atom stereocenters. The highest BCUT2D eigenvalue weighted by atomic mass is 16.5. The Labute approximate surface area is 151 Å². The minimum Gasteiger partial charge on any atom is -0.480 e. The highest BCUT2D eigenvalue weighted by molar-refractivity contribution is 5.68. The lowest BCUT2D eigenvalue weighted by atomic mass is 10.2. The summed E-state index contributed by atoms with van der Waals surface area (Å²) < 4.78 is 4.94. The maximum absolute atomic E-state index is 9.54. The lowest BCUT2D eigenvalue weighted by Crippen LogP contribution is -2.16. The Balaban J connectivity index is -0.0000000689. The average molecular weight is 367 g/mol. The molecule has 0 heterocycles. The van der Waals surface area contributed by atoms with Crippen molar-refractivity contribution in [1.29, 1.82) is 0 Å². The maximum atomic E-state index is 9.54. The highest BCUT2D eigenvalue weighted by Gasteiger charge is 2.04. The monoisotopic (exact) mass is 367 g/mol. The normalized spacial score (nSPS) is 8.16. The van der Waals surface area contributed by atoms with E-state index in [9.17, 15) is 19.2 Å². The van der Waals surface area contributed by atoms with Crippen LogP contribution in [0.4, 0.5) is 0 Å². The van der Waals surface area contributed by atoms with Crippen LogP contribution in [0.3, 0.4) is 0 Å². The maximum Gasteiger partial charge on any atom is 0.317 e. The molecule has 0 spiro atoms. The van der Waals surface area contributed by atoms with Gasteiger partial charge in [-0.3, -0.25) is 9.59 Å². The molecule has 9 nitrogen and oxygen atoms in total. The van der Waals surface area contributed by atoms with Gasteiger partial charge in [0, 0.05) is 7.11 Å². The quantitative estimate of drug-likeness (QED) is 0.367. The van der Waals surface area contributed by atoms with Gasteiger partial charge in [-0.2, -0.15) is 0 Å². The molecule has 0 atom stereocenters. The van der Waals surface area contributed by atoms with E-state index in [2.05, 4.69) is 16.0 Å². The Morgan fingerprint density at radius 3 is 1.44 bits per heavy atom. The topological polar surface area (TPSA) is 134 Å². The Kier molecular flexibility index (Phi) is 46.5. The molecular weight excluding hydrogens is 330 g/mol. The third-order valence-electron chi connectivity index (χ3n) is 1.51. The van der Waals surface area contributed by atoms with Crippen LogP contribution in [0.25, 0.3) is 0 Å². The number of amides is 1. The number of carboxylic acid groups (broad SMARTS) is 1. The van der Waals surface area contributed by atoms with Crippen molar-refractivity contribution in [2.24, 2.45) is 0 Å². The first-order valence-corrected chi connectivity index (χ1v) is 7.77. The molecule has 4 N–H and O–H groups in total. The number of methoxy groups -OCH3 is 1. The first-order valence-electron chi connectivity index (χ1n) is 7.77. The Hall–Kier alpha value is -1.84. The second-order valence-corrected chi connectivity index (χ2v) is 4.66. The molecule has 152 valence electrons. The van der Waals surface area contributed by atoms with Crippen LogP contribution in [0.1, 0.15) is 34.6 Å². The number of hydrogen-bond donors (Lipinski definition) is 4. The zero-order chi connectivity index (χ0) is 21.1. The molecule has 1 amide bonds. The van der Waals surface area contributed by atoms with Crippen molar-refractivity contribution in [2.45, 2.75) is 40.2 Å². The van der Waals surface area contributed by atoms with E-state index in [0.717, 1.165) is 6.29 Å². The van der Waals surface area contributed by atoms with E-state index in [1.165, 1.54) is 0 Å². The number of nitrogens with one attached hydrogen (secondary N) is 3. The van der Waals surface area contributed by atoms with Gasteiger partial charge in [0.25, 0.3) is 0 Å². The predicted molar refractivity (Wildman–Crippen MR) is 99.8 cm³/mol. The van der Waals surface area contributed by atoms with Gasteiger partial charge in [-0.1, -0.05) is 13.8 Å². The number of hydrogen-bond acceptors (Lipinski definition) is 7. The lowest BCUT2D eigenvalue weighted by Gasteiger charge is -2.14. The van der Waals surface area contributed by atoms with Crippen LogP contribution >= 0.6 is 0 Å². The molecule has 0 bridgehead atoms. The molecule has 0 aromatic carbocycles. The SMILES string of the molecule is CC.CNCC(=O)O.CNCC=O.COC(C)(C)C.O=CCNC=O. The van der Waals surface area contributed by atoms with Gasteiger partial charge in [0.1, 0.15) is 12.6 Å². The summed E-state index contributed by atoms with van der Waals surface area (Å²) in [5, 5.41) is 15.1. The summed E-state index contributed by atoms with van der Waals surface area (Å²) in [4.78, 5) is 37.5. The first-order chi connectivity index (χ1) is 11.7. The molecule has 0 aliphatic heterocycles. The minimum atomic E-state index is -0.822. The largest absolute Gasteiger partial charge is 0.480 e. The van der Waals surface area contributed by atoms with Crippen molar-refractivity contribution in [3.63, 3.8) is 0 Å². The number of carbonyl (C=O) groups is 4. The van der Waals surface area contributed by atoms with Crippen molar-refractivity contribution in [3.05, 3.63) is 0 Å². The molecule has 0 radical (unpaired) electrons. The van der Waals surface area contributed by atoms with E-state index in [4.69, 9.17) is 9.84 Å². The van der Waals surface area contributed by atoms with Crippen LogP contribution in [0.15, 0.2) is 0 Å². The Morgan fingerprint density at radius 2 is 1.40 bits per heavy atom. The van der Waals surface area contributed by atoms with Crippen LogP contribution < -0.4 is 16.0 Å². The minimum absolute atomic E-state index is 0.0417. The van der Waals surface area contributed by atoms with E-state index in [1.807, 2.05) is 34.6 Å². The zero-order valence-electron chi connectivity index (χ0n) is 16.8. The highest BCUT2D eigenvalue weighted by Crippen LogP contribution is 2.02. The number of carbonyl (C=O) groups excluding carboxylic acids is 3. The molecule has 0 aliphatic rings. The Morgan fingerprint density at radius 1 is 1.00 bits per heavy atom. The lowest BCUT2D eigenvalue weighted by molar-refractivity contribution is -0.135. The van der Waals surface area contributed by atoms with Gasteiger partial charge < -0.3 is 35.4 Å². The molecule has 25 heavy (non-hydrogen) atoms. The fourth-order valence-corrected chi connectivity index (χ4v) is 0.331. The summed E-state index contributed by atoms with van der Waals surface area (Å²) in [7, 11) is 5.03. The van der Waals surface area contributed by atoms with Crippen molar-refractivity contribution in [3.8, 4) is 0 Å². The van der Waals surface area contributed by atoms with Crippen molar-refractivity contribution >= 4 is 25.0 Å². The number of aliphatic carboxylic acids is 1. The van der Waals surface area contributed by atoms with E-state index in [1.54, 1.807) is 21.2 Å². The Bertz CT molecular complexity index is 274. The number of ether oxygens (including phenoxy) is 1. The van der Waals surface area contributed by atoms with Crippen LogP contribution in [0.5, 0.6) is 0 Å². The number of rotatable bonds is 7. The molecule has 0 saturated carbocycles. The van der Waals surface area contributed by atoms with Gasteiger partial charge in [-0.25, -0.2) is 0 Å². The second-order valence-electron chi connectivity index (χ2n) is 4.66. The second kappa shape index (κ2) is 33.7. The van der Waals surface area contributed by atoms with Crippen LogP contribution in [0, 0.1) is 0 Å². The van der Waals surface area contributed by atoms with Gasteiger partial charge >= 0.3 is 5.97 Å². The molecular formula is C16H37N3O6. The molecule has 0 aromatic rings. The molecule has 0 aliphatic carbocycles. The van der Waals surface area contributed by atoms with E-state index >= 15 is 0 Å². The average Bonchev–Trinajstić information content (AvgIpc) is 2.56. The van der Waals surface area contributed by atoms with Gasteiger partial charge in [0.05, 0.1) is 25.2 Å².